The summed E-state index contributed by atoms with van der Waals surface area (Å²) < 4.78 is 2.03. The van der Waals surface area contributed by atoms with Crippen LogP contribution in [0, 0.1) is 19.8 Å². The summed E-state index contributed by atoms with van der Waals surface area (Å²) in [5.74, 6) is 1.64. The van der Waals surface area contributed by atoms with Crippen LogP contribution in [0.1, 0.15) is 37.2 Å². The summed E-state index contributed by atoms with van der Waals surface area (Å²) in [6.07, 6.45) is 1.39. The number of aromatic nitrogens is 2. The molecule has 0 aliphatic carbocycles. The molecular formula is C20H29N3OS. The van der Waals surface area contributed by atoms with E-state index in [-0.39, 0.29) is 5.91 Å². The van der Waals surface area contributed by atoms with Crippen molar-refractivity contribution in [1.29, 1.82) is 0 Å². The number of aryl methyl sites for hydroxylation is 1. The van der Waals surface area contributed by atoms with Crippen LogP contribution in [0.2, 0.25) is 0 Å². The van der Waals surface area contributed by atoms with Crippen molar-refractivity contribution in [2.45, 2.75) is 52.0 Å². The first-order valence-electron chi connectivity index (χ1n) is 8.94. The van der Waals surface area contributed by atoms with Gasteiger partial charge in [0.15, 0.2) is 0 Å². The van der Waals surface area contributed by atoms with Crippen molar-refractivity contribution in [2.75, 3.05) is 12.3 Å². The highest BCUT2D eigenvalue weighted by atomic mass is 32.2. The molecule has 5 heteroatoms. The Hall–Kier alpha value is -1.75. The molecule has 2 aromatic rings. The molecule has 4 nitrogen and oxygen atoms in total. The number of amides is 1. The Morgan fingerprint density at radius 1 is 1.24 bits per heavy atom. The molecule has 0 bridgehead atoms. The minimum Gasteiger partial charge on any atom is -0.356 e. The van der Waals surface area contributed by atoms with Crippen LogP contribution < -0.4 is 5.32 Å². The molecule has 1 aromatic carbocycles. The zero-order valence-corrected chi connectivity index (χ0v) is 16.5. The number of thioether (sulfide) groups is 1. The van der Waals surface area contributed by atoms with Crippen LogP contribution in [0.3, 0.4) is 0 Å². The monoisotopic (exact) mass is 359 g/mol. The van der Waals surface area contributed by atoms with Gasteiger partial charge in [0.25, 0.3) is 0 Å². The van der Waals surface area contributed by atoms with Crippen LogP contribution in [0.15, 0.2) is 35.2 Å². The first-order valence-corrected chi connectivity index (χ1v) is 9.93. The van der Waals surface area contributed by atoms with Crippen molar-refractivity contribution in [3.05, 3.63) is 47.3 Å². The van der Waals surface area contributed by atoms with Gasteiger partial charge in [0, 0.05) is 29.2 Å². The van der Waals surface area contributed by atoms with Crippen LogP contribution in [0.25, 0.3) is 0 Å². The average molecular weight is 360 g/mol. The highest BCUT2D eigenvalue weighted by Crippen LogP contribution is 2.17. The average Bonchev–Trinajstić information content (AvgIpc) is 2.82. The number of benzene rings is 1. The molecule has 0 fully saturated rings. The number of hydrogen-bond donors (Lipinski definition) is 1. The van der Waals surface area contributed by atoms with E-state index in [0.29, 0.717) is 12.3 Å². The van der Waals surface area contributed by atoms with Crippen LogP contribution in [-0.4, -0.2) is 28.0 Å². The van der Waals surface area contributed by atoms with E-state index < -0.39 is 0 Å². The minimum atomic E-state index is 0.0833. The summed E-state index contributed by atoms with van der Waals surface area (Å²) in [4.78, 5) is 13.5. The topological polar surface area (TPSA) is 46.9 Å². The van der Waals surface area contributed by atoms with E-state index in [1.165, 1.54) is 4.90 Å². The Morgan fingerprint density at radius 2 is 1.96 bits per heavy atom. The molecule has 1 aromatic heterocycles. The summed E-state index contributed by atoms with van der Waals surface area (Å²) in [5.41, 5.74) is 3.14. The number of nitrogens with one attached hydrogen (secondary N) is 1. The van der Waals surface area contributed by atoms with Crippen molar-refractivity contribution in [1.82, 2.24) is 15.1 Å². The van der Waals surface area contributed by atoms with Crippen molar-refractivity contribution in [3.8, 4) is 0 Å². The van der Waals surface area contributed by atoms with E-state index in [1.807, 2.05) is 41.6 Å². The lowest BCUT2D eigenvalue weighted by atomic mass is 10.1. The first-order chi connectivity index (χ1) is 12.0. The fraction of sp³-hybridized carbons (Fsp3) is 0.500. The largest absolute Gasteiger partial charge is 0.356 e. The van der Waals surface area contributed by atoms with Crippen LogP contribution >= 0.6 is 11.8 Å². The Bertz CT molecular complexity index is 680. The Morgan fingerprint density at radius 3 is 2.64 bits per heavy atom. The molecule has 2 rings (SSSR count). The second-order valence-corrected chi connectivity index (χ2v) is 7.94. The van der Waals surface area contributed by atoms with Gasteiger partial charge in [0.1, 0.15) is 0 Å². The molecule has 0 saturated carbocycles. The quantitative estimate of drug-likeness (QED) is 0.544. The fourth-order valence-electron chi connectivity index (χ4n) is 2.74. The minimum absolute atomic E-state index is 0.0833. The molecule has 0 unspecified atom stereocenters. The zero-order chi connectivity index (χ0) is 18.2. The van der Waals surface area contributed by atoms with Crippen LogP contribution in [-0.2, 0) is 17.8 Å². The summed E-state index contributed by atoms with van der Waals surface area (Å²) in [6.45, 7) is 10.0. The van der Waals surface area contributed by atoms with Gasteiger partial charge >= 0.3 is 0 Å². The second-order valence-electron chi connectivity index (χ2n) is 6.77. The number of carbonyl (C=O) groups is 1. The number of rotatable bonds is 9. The smallest absolute Gasteiger partial charge is 0.224 e. The maximum Gasteiger partial charge on any atom is 0.224 e. The van der Waals surface area contributed by atoms with Gasteiger partial charge < -0.3 is 5.32 Å². The third-order valence-corrected chi connectivity index (χ3v) is 5.16. The van der Waals surface area contributed by atoms with Crippen molar-refractivity contribution >= 4 is 17.7 Å². The predicted octanol–water partition coefficient (Wildman–Crippen LogP) is 4.00. The lowest BCUT2D eigenvalue weighted by Gasteiger charge is -2.08. The molecule has 1 heterocycles. The lowest BCUT2D eigenvalue weighted by molar-refractivity contribution is -0.120. The molecule has 1 N–H and O–H groups in total. The molecule has 25 heavy (non-hydrogen) atoms. The van der Waals surface area contributed by atoms with Gasteiger partial charge in [-0.1, -0.05) is 32.0 Å². The van der Waals surface area contributed by atoms with Crippen LogP contribution in [0.4, 0.5) is 0 Å². The number of hydrogen-bond acceptors (Lipinski definition) is 3. The van der Waals surface area contributed by atoms with Gasteiger partial charge in [0.2, 0.25) is 5.91 Å². The number of nitrogens with zero attached hydrogens (tertiary/aromatic N) is 2. The fourth-order valence-corrected chi connectivity index (χ4v) is 3.62. The highest BCUT2D eigenvalue weighted by molar-refractivity contribution is 7.99. The van der Waals surface area contributed by atoms with E-state index in [0.717, 1.165) is 42.2 Å². The SMILES string of the molecule is Cc1nn(CC(C)C)c(C)c1CC(=O)NCCCSc1ccccc1. The number of carbonyl (C=O) groups excluding carboxylic acids is 1. The molecule has 0 spiro atoms. The summed E-state index contributed by atoms with van der Waals surface area (Å²) in [6, 6.07) is 10.4. The molecule has 0 atom stereocenters. The molecule has 1 amide bonds. The Labute approximate surface area is 155 Å². The van der Waals surface area contributed by atoms with Crippen LogP contribution in [0.5, 0.6) is 0 Å². The summed E-state index contributed by atoms with van der Waals surface area (Å²) >= 11 is 1.83. The van der Waals surface area contributed by atoms with E-state index >= 15 is 0 Å². The second kappa shape index (κ2) is 9.66. The van der Waals surface area contributed by atoms with Crippen molar-refractivity contribution in [2.24, 2.45) is 5.92 Å². The Balaban J connectivity index is 1.74. The molecule has 0 saturated heterocycles. The van der Waals surface area contributed by atoms with Crippen molar-refractivity contribution in [3.63, 3.8) is 0 Å². The van der Waals surface area contributed by atoms with Gasteiger partial charge in [-0.3, -0.25) is 9.48 Å². The predicted molar refractivity (Wildman–Crippen MR) is 105 cm³/mol. The maximum absolute atomic E-state index is 12.2. The maximum atomic E-state index is 12.2. The summed E-state index contributed by atoms with van der Waals surface area (Å²) in [7, 11) is 0. The molecule has 0 radical (unpaired) electrons. The van der Waals surface area contributed by atoms with Gasteiger partial charge in [0.05, 0.1) is 12.1 Å². The molecule has 0 aliphatic rings. The van der Waals surface area contributed by atoms with E-state index in [4.69, 9.17) is 0 Å². The normalized spacial score (nSPS) is 11.1. The third-order valence-electron chi connectivity index (χ3n) is 4.06. The standard InChI is InChI=1S/C20H29N3OS/c1-15(2)14-23-17(4)19(16(3)22-23)13-20(24)21-11-8-12-25-18-9-6-5-7-10-18/h5-7,9-10,15H,8,11-14H2,1-4H3,(H,21,24). The van der Waals surface area contributed by atoms with Gasteiger partial charge in [-0.15, -0.1) is 11.8 Å². The van der Waals surface area contributed by atoms with Gasteiger partial charge in [-0.25, -0.2) is 0 Å². The first kappa shape index (κ1) is 19.6. The molecular weight excluding hydrogens is 330 g/mol. The molecule has 136 valence electrons. The van der Waals surface area contributed by atoms with E-state index in [2.05, 4.69) is 43.3 Å². The zero-order valence-electron chi connectivity index (χ0n) is 15.7. The lowest BCUT2D eigenvalue weighted by Crippen LogP contribution is -2.26. The Kier molecular flexibility index (Phi) is 7.56. The third kappa shape index (κ3) is 6.24. The van der Waals surface area contributed by atoms with Gasteiger partial charge in [-0.05, 0) is 44.1 Å². The van der Waals surface area contributed by atoms with E-state index in [9.17, 15) is 4.79 Å². The van der Waals surface area contributed by atoms with E-state index in [1.54, 1.807) is 0 Å². The highest BCUT2D eigenvalue weighted by Gasteiger charge is 2.15. The van der Waals surface area contributed by atoms with Crippen molar-refractivity contribution < 1.29 is 4.79 Å². The molecule has 0 aliphatic heterocycles. The van der Waals surface area contributed by atoms with Gasteiger partial charge in [-0.2, -0.15) is 5.10 Å². The summed E-state index contributed by atoms with van der Waals surface area (Å²) in [5, 5.41) is 7.61.